The zero-order chi connectivity index (χ0) is 13.2. The van der Waals surface area contributed by atoms with Crippen LogP contribution in [0.1, 0.15) is 69.2 Å². The molecule has 0 saturated carbocycles. The standard InChI is InChI=1S/C15H26ClNS/c1-3-4-5-6-7-8-9-10-13(17-2)14-11-12-15(16)18-14/h11-13,17H,3-10H2,1-2H3. The van der Waals surface area contributed by atoms with Gasteiger partial charge in [0.05, 0.1) is 4.34 Å². The highest BCUT2D eigenvalue weighted by molar-refractivity contribution is 7.16. The van der Waals surface area contributed by atoms with Crippen molar-refractivity contribution < 1.29 is 0 Å². The number of halogens is 1. The van der Waals surface area contributed by atoms with Crippen LogP contribution in [0.4, 0.5) is 0 Å². The molecule has 1 rings (SSSR count). The summed E-state index contributed by atoms with van der Waals surface area (Å²) in [5, 5.41) is 3.39. The van der Waals surface area contributed by atoms with Crippen LogP contribution in [0.2, 0.25) is 4.34 Å². The molecule has 0 bridgehead atoms. The molecule has 0 radical (unpaired) electrons. The number of thiophene rings is 1. The molecule has 0 aromatic carbocycles. The zero-order valence-corrected chi connectivity index (χ0v) is 13.2. The Hall–Kier alpha value is -0.0500. The lowest BCUT2D eigenvalue weighted by Crippen LogP contribution is -2.14. The Bertz CT molecular complexity index is 311. The largest absolute Gasteiger partial charge is 0.312 e. The Balaban J connectivity index is 2.13. The second-order valence-electron chi connectivity index (χ2n) is 4.89. The fourth-order valence-electron chi connectivity index (χ4n) is 2.25. The van der Waals surface area contributed by atoms with Crippen LogP contribution in [0.5, 0.6) is 0 Å². The summed E-state index contributed by atoms with van der Waals surface area (Å²) in [5.41, 5.74) is 0. The second-order valence-corrected chi connectivity index (χ2v) is 6.64. The lowest BCUT2D eigenvalue weighted by atomic mass is 10.0. The van der Waals surface area contributed by atoms with Gasteiger partial charge in [-0.25, -0.2) is 0 Å². The van der Waals surface area contributed by atoms with Crippen molar-refractivity contribution in [3.05, 3.63) is 21.3 Å². The summed E-state index contributed by atoms with van der Waals surface area (Å²) in [5.74, 6) is 0. The molecule has 0 spiro atoms. The molecule has 1 atom stereocenters. The topological polar surface area (TPSA) is 12.0 Å². The summed E-state index contributed by atoms with van der Waals surface area (Å²) < 4.78 is 0.893. The first-order chi connectivity index (χ1) is 8.77. The summed E-state index contributed by atoms with van der Waals surface area (Å²) in [6, 6.07) is 4.63. The Morgan fingerprint density at radius 2 is 1.78 bits per heavy atom. The van der Waals surface area contributed by atoms with Gasteiger partial charge in [0.2, 0.25) is 0 Å². The average Bonchev–Trinajstić information content (AvgIpc) is 2.79. The fourth-order valence-corrected chi connectivity index (χ4v) is 3.46. The van der Waals surface area contributed by atoms with Crippen molar-refractivity contribution >= 4 is 22.9 Å². The van der Waals surface area contributed by atoms with Crippen LogP contribution in [-0.2, 0) is 0 Å². The van der Waals surface area contributed by atoms with E-state index < -0.39 is 0 Å². The predicted octanol–water partition coefficient (Wildman–Crippen LogP) is 5.80. The highest BCUT2D eigenvalue weighted by Crippen LogP contribution is 2.29. The summed E-state index contributed by atoms with van der Waals surface area (Å²) in [6.07, 6.45) is 10.8. The van der Waals surface area contributed by atoms with E-state index in [2.05, 4.69) is 18.3 Å². The molecule has 1 aromatic rings. The van der Waals surface area contributed by atoms with E-state index in [-0.39, 0.29) is 0 Å². The molecule has 0 fully saturated rings. The van der Waals surface area contributed by atoms with Gasteiger partial charge in [0.25, 0.3) is 0 Å². The second kappa shape index (κ2) is 9.82. The molecule has 1 nitrogen and oxygen atoms in total. The number of nitrogens with one attached hydrogen (secondary N) is 1. The van der Waals surface area contributed by atoms with Crippen molar-refractivity contribution in [1.82, 2.24) is 5.32 Å². The van der Waals surface area contributed by atoms with E-state index >= 15 is 0 Å². The van der Waals surface area contributed by atoms with Crippen molar-refractivity contribution in [3.63, 3.8) is 0 Å². The third kappa shape index (κ3) is 6.21. The quantitative estimate of drug-likeness (QED) is 0.536. The molecule has 1 N–H and O–H groups in total. The minimum atomic E-state index is 0.484. The summed E-state index contributed by atoms with van der Waals surface area (Å²) in [7, 11) is 2.04. The van der Waals surface area contributed by atoms with Crippen LogP contribution in [0.3, 0.4) is 0 Å². The molecule has 0 aliphatic carbocycles. The highest BCUT2D eigenvalue weighted by atomic mass is 35.5. The van der Waals surface area contributed by atoms with E-state index in [4.69, 9.17) is 11.6 Å². The normalized spacial score (nSPS) is 12.8. The first kappa shape index (κ1) is 16.0. The maximum absolute atomic E-state index is 5.98. The molecule has 0 aliphatic rings. The molecule has 0 amide bonds. The molecule has 1 unspecified atom stereocenters. The molecular formula is C15H26ClNS. The van der Waals surface area contributed by atoms with E-state index in [9.17, 15) is 0 Å². The Labute approximate surface area is 121 Å². The number of hydrogen-bond acceptors (Lipinski definition) is 2. The van der Waals surface area contributed by atoms with Crippen LogP contribution in [0, 0.1) is 0 Å². The van der Waals surface area contributed by atoms with Crippen molar-refractivity contribution in [2.45, 2.75) is 64.3 Å². The Morgan fingerprint density at radius 1 is 1.11 bits per heavy atom. The summed E-state index contributed by atoms with van der Waals surface area (Å²) >= 11 is 7.68. The van der Waals surface area contributed by atoms with Crippen LogP contribution in [0.25, 0.3) is 0 Å². The van der Waals surface area contributed by atoms with Gasteiger partial charge >= 0.3 is 0 Å². The SMILES string of the molecule is CCCCCCCCCC(NC)c1ccc(Cl)s1. The van der Waals surface area contributed by atoms with E-state index in [1.165, 1.54) is 56.2 Å². The summed E-state index contributed by atoms with van der Waals surface area (Å²) in [6.45, 7) is 2.27. The van der Waals surface area contributed by atoms with Crippen LogP contribution < -0.4 is 5.32 Å². The number of rotatable bonds is 10. The van der Waals surface area contributed by atoms with Crippen LogP contribution in [0.15, 0.2) is 12.1 Å². The van der Waals surface area contributed by atoms with Crippen LogP contribution >= 0.6 is 22.9 Å². The molecule has 1 heterocycles. The highest BCUT2D eigenvalue weighted by Gasteiger charge is 2.10. The maximum atomic E-state index is 5.98. The van der Waals surface area contributed by atoms with Crippen molar-refractivity contribution in [3.8, 4) is 0 Å². The van der Waals surface area contributed by atoms with E-state index in [1.807, 2.05) is 13.1 Å². The lowest BCUT2D eigenvalue weighted by molar-refractivity contribution is 0.501. The van der Waals surface area contributed by atoms with Gasteiger partial charge in [-0.1, -0.05) is 63.5 Å². The van der Waals surface area contributed by atoms with Gasteiger partial charge in [-0.05, 0) is 25.6 Å². The van der Waals surface area contributed by atoms with Crippen molar-refractivity contribution in [2.24, 2.45) is 0 Å². The number of unbranched alkanes of at least 4 members (excludes halogenated alkanes) is 6. The van der Waals surface area contributed by atoms with Gasteiger partial charge in [-0.3, -0.25) is 0 Å². The van der Waals surface area contributed by atoms with Gasteiger partial charge in [0.1, 0.15) is 0 Å². The Kier molecular flexibility index (Phi) is 8.74. The average molecular weight is 288 g/mol. The van der Waals surface area contributed by atoms with Gasteiger partial charge in [0, 0.05) is 10.9 Å². The van der Waals surface area contributed by atoms with Gasteiger partial charge < -0.3 is 5.32 Å². The van der Waals surface area contributed by atoms with Gasteiger partial charge in [-0.15, -0.1) is 11.3 Å². The maximum Gasteiger partial charge on any atom is 0.0931 e. The molecule has 0 aliphatic heterocycles. The third-order valence-corrected chi connectivity index (χ3v) is 4.73. The molecule has 18 heavy (non-hydrogen) atoms. The molecule has 104 valence electrons. The minimum absolute atomic E-state index is 0.484. The van der Waals surface area contributed by atoms with Gasteiger partial charge in [0.15, 0.2) is 0 Å². The molecule has 0 saturated heterocycles. The minimum Gasteiger partial charge on any atom is -0.312 e. The van der Waals surface area contributed by atoms with E-state index in [1.54, 1.807) is 11.3 Å². The predicted molar refractivity (Wildman–Crippen MR) is 83.7 cm³/mol. The zero-order valence-electron chi connectivity index (χ0n) is 11.7. The molecule has 1 aromatic heterocycles. The monoisotopic (exact) mass is 287 g/mol. The molecule has 3 heteroatoms. The lowest BCUT2D eigenvalue weighted by Gasteiger charge is -2.14. The van der Waals surface area contributed by atoms with Crippen molar-refractivity contribution in [1.29, 1.82) is 0 Å². The van der Waals surface area contributed by atoms with Crippen molar-refractivity contribution in [2.75, 3.05) is 7.05 Å². The van der Waals surface area contributed by atoms with Gasteiger partial charge in [-0.2, -0.15) is 0 Å². The smallest absolute Gasteiger partial charge is 0.0931 e. The van der Waals surface area contributed by atoms with E-state index in [0.29, 0.717) is 6.04 Å². The number of hydrogen-bond donors (Lipinski definition) is 1. The first-order valence-corrected chi connectivity index (χ1v) is 8.40. The van der Waals surface area contributed by atoms with E-state index in [0.717, 1.165) is 4.34 Å². The fraction of sp³-hybridized carbons (Fsp3) is 0.733. The molecular weight excluding hydrogens is 262 g/mol. The van der Waals surface area contributed by atoms with Crippen LogP contribution in [-0.4, -0.2) is 7.05 Å². The third-order valence-electron chi connectivity index (χ3n) is 3.38. The first-order valence-electron chi connectivity index (χ1n) is 7.20. The Morgan fingerprint density at radius 3 is 2.33 bits per heavy atom. The summed E-state index contributed by atoms with van der Waals surface area (Å²) in [4.78, 5) is 1.37.